The van der Waals surface area contributed by atoms with Gasteiger partial charge in [0.25, 0.3) is 5.91 Å². The molecule has 0 atom stereocenters. The van der Waals surface area contributed by atoms with Crippen LogP contribution < -0.4 is 5.32 Å². The molecule has 0 spiro atoms. The van der Waals surface area contributed by atoms with E-state index in [0.29, 0.717) is 6.54 Å². The molecule has 19 heavy (non-hydrogen) atoms. The maximum atomic E-state index is 12.1. The molecule has 0 aliphatic heterocycles. The summed E-state index contributed by atoms with van der Waals surface area (Å²) in [7, 11) is 0. The maximum Gasteiger partial charge on any atom is 0.251 e. The summed E-state index contributed by atoms with van der Waals surface area (Å²) in [4.78, 5) is 16.3. The number of aryl methyl sites for hydroxylation is 2. The van der Waals surface area contributed by atoms with E-state index in [2.05, 4.69) is 16.4 Å². The van der Waals surface area contributed by atoms with Crippen LogP contribution in [0.1, 0.15) is 33.6 Å². The molecule has 1 aromatic heterocycles. The number of hydrogen-bond acceptors (Lipinski definition) is 2. The van der Waals surface area contributed by atoms with Gasteiger partial charge in [0.2, 0.25) is 0 Å². The summed E-state index contributed by atoms with van der Waals surface area (Å²) in [6, 6.07) is 11.7. The average molecular weight is 252 g/mol. The molecular formula is C16H16N2O. The summed E-state index contributed by atoms with van der Waals surface area (Å²) < 4.78 is 0. The van der Waals surface area contributed by atoms with Crippen LogP contribution in [-0.2, 0) is 19.4 Å². The van der Waals surface area contributed by atoms with Crippen LogP contribution in [0, 0.1) is 0 Å². The van der Waals surface area contributed by atoms with E-state index in [1.165, 1.54) is 17.5 Å². The second-order valence-corrected chi connectivity index (χ2v) is 4.84. The monoisotopic (exact) mass is 252 g/mol. The Kier molecular flexibility index (Phi) is 3.27. The van der Waals surface area contributed by atoms with Gasteiger partial charge in [-0.25, -0.2) is 0 Å². The van der Waals surface area contributed by atoms with Crippen molar-refractivity contribution in [2.24, 2.45) is 0 Å². The first kappa shape index (κ1) is 11.9. The van der Waals surface area contributed by atoms with Crippen LogP contribution in [0.5, 0.6) is 0 Å². The Hall–Kier alpha value is -2.16. The van der Waals surface area contributed by atoms with Gasteiger partial charge in [0.05, 0.1) is 12.2 Å². The predicted molar refractivity (Wildman–Crippen MR) is 73.9 cm³/mol. The van der Waals surface area contributed by atoms with Crippen LogP contribution in [0.25, 0.3) is 0 Å². The van der Waals surface area contributed by atoms with Gasteiger partial charge in [0.1, 0.15) is 0 Å². The third-order valence-electron chi connectivity index (χ3n) is 3.52. The lowest BCUT2D eigenvalue weighted by Crippen LogP contribution is -2.23. The highest BCUT2D eigenvalue weighted by Crippen LogP contribution is 2.22. The fourth-order valence-electron chi connectivity index (χ4n) is 2.49. The van der Waals surface area contributed by atoms with Gasteiger partial charge in [-0.1, -0.05) is 12.1 Å². The zero-order valence-electron chi connectivity index (χ0n) is 10.7. The molecule has 1 amide bonds. The summed E-state index contributed by atoms with van der Waals surface area (Å²) in [6.07, 6.45) is 5.17. The van der Waals surface area contributed by atoms with E-state index in [9.17, 15) is 4.79 Å². The number of rotatable bonds is 3. The first-order chi connectivity index (χ1) is 9.33. The second kappa shape index (κ2) is 5.22. The van der Waals surface area contributed by atoms with Crippen molar-refractivity contribution in [2.75, 3.05) is 0 Å². The number of nitrogens with zero attached hydrogens (tertiary/aromatic N) is 1. The summed E-state index contributed by atoms with van der Waals surface area (Å²) in [5.74, 6) is -0.0275. The molecule has 0 unspecified atom stereocenters. The van der Waals surface area contributed by atoms with Gasteiger partial charge in [-0.3, -0.25) is 9.78 Å². The molecule has 2 aromatic rings. The molecule has 1 N–H and O–H groups in total. The molecule has 0 saturated heterocycles. The van der Waals surface area contributed by atoms with Crippen molar-refractivity contribution < 1.29 is 4.79 Å². The molecule has 0 saturated carbocycles. The Bertz CT molecular complexity index is 593. The number of aromatic nitrogens is 1. The standard InChI is InChI=1S/C16H16N2O/c19-16(18-11-15-6-1-2-9-17-15)14-8-7-12-4-3-5-13(12)10-14/h1-2,6-10H,3-5,11H2,(H,18,19). The van der Waals surface area contributed by atoms with Crippen LogP contribution in [0.3, 0.4) is 0 Å². The van der Waals surface area contributed by atoms with E-state index in [1.54, 1.807) is 6.20 Å². The number of benzene rings is 1. The summed E-state index contributed by atoms with van der Waals surface area (Å²) in [6.45, 7) is 0.469. The van der Waals surface area contributed by atoms with Gasteiger partial charge in [-0.2, -0.15) is 0 Å². The average Bonchev–Trinajstić information content (AvgIpc) is 2.93. The highest BCUT2D eigenvalue weighted by molar-refractivity contribution is 5.94. The molecule has 0 radical (unpaired) electrons. The van der Waals surface area contributed by atoms with E-state index < -0.39 is 0 Å². The van der Waals surface area contributed by atoms with E-state index in [1.807, 2.05) is 30.3 Å². The number of nitrogens with one attached hydrogen (secondary N) is 1. The van der Waals surface area contributed by atoms with Crippen molar-refractivity contribution in [1.29, 1.82) is 0 Å². The molecule has 3 heteroatoms. The Morgan fingerprint density at radius 3 is 2.89 bits per heavy atom. The third-order valence-corrected chi connectivity index (χ3v) is 3.52. The zero-order chi connectivity index (χ0) is 13.1. The topological polar surface area (TPSA) is 42.0 Å². The summed E-state index contributed by atoms with van der Waals surface area (Å²) in [5.41, 5.74) is 4.33. The lowest BCUT2D eigenvalue weighted by molar-refractivity contribution is 0.0950. The lowest BCUT2D eigenvalue weighted by atomic mass is 10.1. The minimum absolute atomic E-state index is 0.0275. The van der Waals surface area contributed by atoms with Gasteiger partial charge < -0.3 is 5.32 Å². The van der Waals surface area contributed by atoms with E-state index in [0.717, 1.165) is 24.1 Å². The normalized spacial score (nSPS) is 13.1. The van der Waals surface area contributed by atoms with Crippen LogP contribution in [0.15, 0.2) is 42.6 Å². The number of fused-ring (bicyclic) bond motifs is 1. The Morgan fingerprint density at radius 1 is 1.16 bits per heavy atom. The van der Waals surface area contributed by atoms with Crippen LogP contribution in [0.2, 0.25) is 0 Å². The molecule has 96 valence electrons. The van der Waals surface area contributed by atoms with E-state index >= 15 is 0 Å². The van der Waals surface area contributed by atoms with Gasteiger partial charge in [-0.15, -0.1) is 0 Å². The fraction of sp³-hybridized carbons (Fsp3) is 0.250. The highest BCUT2D eigenvalue weighted by atomic mass is 16.1. The maximum absolute atomic E-state index is 12.1. The van der Waals surface area contributed by atoms with Crippen molar-refractivity contribution in [3.63, 3.8) is 0 Å². The van der Waals surface area contributed by atoms with Crippen molar-refractivity contribution in [3.05, 3.63) is 65.0 Å². The molecule has 3 rings (SSSR count). The number of carbonyl (C=O) groups is 1. The molecular weight excluding hydrogens is 236 g/mol. The highest BCUT2D eigenvalue weighted by Gasteiger charge is 2.13. The van der Waals surface area contributed by atoms with Gasteiger partial charge >= 0.3 is 0 Å². The smallest absolute Gasteiger partial charge is 0.251 e. The number of pyridine rings is 1. The van der Waals surface area contributed by atoms with Crippen LogP contribution >= 0.6 is 0 Å². The lowest BCUT2D eigenvalue weighted by Gasteiger charge is -2.06. The van der Waals surface area contributed by atoms with E-state index in [-0.39, 0.29) is 5.91 Å². The van der Waals surface area contributed by atoms with Gasteiger partial charge in [0, 0.05) is 11.8 Å². The van der Waals surface area contributed by atoms with E-state index in [4.69, 9.17) is 0 Å². The van der Waals surface area contributed by atoms with Gasteiger partial charge in [-0.05, 0) is 54.7 Å². The molecule has 3 nitrogen and oxygen atoms in total. The molecule has 1 aliphatic carbocycles. The van der Waals surface area contributed by atoms with Crippen molar-refractivity contribution in [3.8, 4) is 0 Å². The Balaban J connectivity index is 1.67. The molecule has 1 aromatic carbocycles. The molecule has 1 aliphatic rings. The largest absolute Gasteiger partial charge is 0.346 e. The zero-order valence-corrected chi connectivity index (χ0v) is 10.7. The molecule has 0 fully saturated rings. The SMILES string of the molecule is O=C(NCc1ccccn1)c1ccc2c(c1)CCC2. The first-order valence-electron chi connectivity index (χ1n) is 6.63. The van der Waals surface area contributed by atoms with Crippen LogP contribution in [0.4, 0.5) is 0 Å². The summed E-state index contributed by atoms with van der Waals surface area (Å²) in [5, 5.41) is 2.90. The fourth-order valence-corrected chi connectivity index (χ4v) is 2.49. The number of hydrogen-bond donors (Lipinski definition) is 1. The quantitative estimate of drug-likeness (QED) is 0.912. The van der Waals surface area contributed by atoms with Crippen LogP contribution in [-0.4, -0.2) is 10.9 Å². The first-order valence-corrected chi connectivity index (χ1v) is 6.63. The van der Waals surface area contributed by atoms with Crippen molar-refractivity contribution in [1.82, 2.24) is 10.3 Å². The predicted octanol–water partition coefficient (Wildman–Crippen LogP) is 2.50. The minimum Gasteiger partial charge on any atom is -0.346 e. The number of amides is 1. The van der Waals surface area contributed by atoms with Gasteiger partial charge in [0.15, 0.2) is 0 Å². The Morgan fingerprint density at radius 2 is 2.05 bits per heavy atom. The Labute approximate surface area is 112 Å². The van der Waals surface area contributed by atoms with Crippen molar-refractivity contribution in [2.45, 2.75) is 25.8 Å². The molecule has 0 bridgehead atoms. The molecule has 1 heterocycles. The third kappa shape index (κ3) is 2.65. The summed E-state index contributed by atoms with van der Waals surface area (Å²) >= 11 is 0. The number of carbonyl (C=O) groups excluding carboxylic acids is 1. The van der Waals surface area contributed by atoms with Crippen molar-refractivity contribution >= 4 is 5.91 Å². The minimum atomic E-state index is -0.0275. The second-order valence-electron chi connectivity index (χ2n) is 4.84.